The summed E-state index contributed by atoms with van der Waals surface area (Å²) in [5.74, 6) is -1.09. The molecule has 3 aliphatic rings. The van der Waals surface area contributed by atoms with Gasteiger partial charge in [0.1, 0.15) is 0 Å². The van der Waals surface area contributed by atoms with Gasteiger partial charge in [-0.2, -0.15) is 0 Å². The number of rotatable bonds is 5. The van der Waals surface area contributed by atoms with Crippen molar-refractivity contribution in [3.63, 3.8) is 0 Å². The van der Waals surface area contributed by atoms with Crippen molar-refractivity contribution in [3.05, 3.63) is 72.1 Å². The van der Waals surface area contributed by atoms with Crippen LogP contribution in [-0.4, -0.2) is 78.7 Å². The Morgan fingerprint density at radius 1 is 1.08 bits per heavy atom. The van der Waals surface area contributed by atoms with Crippen molar-refractivity contribution in [3.8, 4) is 5.82 Å². The summed E-state index contributed by atoms with van der Waals surface area (Å²) in [5, 5.41) is 7.71. The molecule has 1 aromatic carbocycles. The van der Waals surface area contributed by atoms with Crippen LogP contribution in [-0.2, 0) is 4.79 Å². The van der Waals surface area contributed by atoms with Gasteiger partial charge in [0.2, 0.25) is 0 Å². The number of piperazine rings is 1. The van der Waals surface area contributed by atoms with E-state index in [0.29, 0.717) is 41.8 Å². The van der Waals surface area contributed by atoms with Crippen LogP contribution in [0.4, 0.5) is 4.39 Å². The number of carbonyl (C=O) groups excluding carboxylic acids is 2. The fourth-order valence-electron chi connectivity index (χ4n) is 7.15. The molecule has 9 nitrogen and oxygen atoms in total. The predicted octanol–water partition coefficient (Wildman–Crippen LogP) is 3.73. The maximum atomic E-state index is 14.8. The molecule has 1 saturated heterocycles. The van der Waals surface area contributed by atoms with Gasteiger partial charge in [0, 0.05) is 38.4 Å². The van der Waals surface area contributed by atoms with Crippen molar-refractivity contribution in [2.24, 2.45) is 5.41 Å². The normalized spacial score (nSPS) is 25.3. The number of fused-ring (bicyclic) bond motifs is 1. The van der Waals surface area contributed by atoms with Crippen molar-refractivity contribution in [2.75, 3.05) is 26.2 Å². The van der Waals surface area contributed by atoms with Crippen LogP contribution in [0.5, 0.6) is 0 Å². The minimum atomic E-state index is -0.719. The third-order valence-electron chi connectivity index (χ3n) is 9.12. The van der Waals surface area contributed by atoms with E-state index >= 15 is 0 Å². The summed E-state index contributed by atoms with van der Waals surface area (Å²) in [6, 6.07) is 11.4. The van der Waals surface area contributed by atoms with Gasteiger partial charge in [-0.15, -0.1) is 5.10 Å². The fraction of sp³-hybridized carbons (Fsp3) is 0.414. The first-order valence-corrected chi connectivity index (χ1v) is 13.7. The SMILES string of the molecule is O=C(C(=O)N1CCN(C2C[C@@]23CCCC[C@H]3c2ccccc2)CC1)c1c[nH]c2c(-n3ccnn3)ncc(F)c12. The van der Waals surface area contributed by atoms with E-state index in [1.165, 1.54) is 54.7 Å². The number of nitrogens with zero attached hydrogens (tertiary/aromatic N) is 6. The number of H-pyrrole nitrogens is 1. The van der Waals surface area contributed by atoms with Crippen LogP contribution in [0.1, 0.15) is 53.9 Å². The number of hydrogen-bond donors (Lipinski definition) is 1. The van der Waals surface area contributed by atoms with Crippen molar-refractivity contribution in [1.29, 1.82) is 0 Å². The molecule has 4 aromatic rings. The number of ketones is 1. The second-order valence-electron chi connectivity index (χ2n) is 11.0. The molecule has 1 amide bonds. The molecule has 1 N–H and O–H groups in total. The molecule has 10 heteroatoms. The molecule has 1 aliphatic heterocycles. The Kier molecular flexibility index (Phi) is 5.80. The molecule has 39 heavy (non-hydrogen) atoms. The number of Topliss-reactive ketones (excluding diaryl/α,β-unsaturated/α-hetero) is 1. The summed E-state index contributed by atoms with van der Waals surface area (Å²) in [6.45, 7) is 2.47. The molecule has 1 unspecified atom stereocenters. The van der Waals surface area contributed by atoms with E-state index in [2.05, 4.69) is 55.5 Å². The molecular formula is C29H30FN7O2. The number of halogens is 1. The number of carbonyl (C=O) groups is 2. The molecule has 3 atom stereocenters. The average Bonchev–Trinajstić information content (AvgIpc) is 3.32. The highest BCUT2D eigenvalue weighted by Crippen LogP contribution is 2.65. The minimum Gasteiger partial charge on any atom is -0.357 e. The second-order valence-corrected chi connectivity index (χ2v) is 11.0. The van der Waals surface area contributed by atoms with Gasteiger partial charge >= 0.3 is 0 Å². The first-order chi connectivity index (χ1) is 19.1. The van der Waals surface area contributed by atoms with Crippen molar-refractivity contribution in [2.45, 2.75) is 44.1 Å². The number of nitrogens with one attached hydrogen (secondary N) is 1. The van der Waals surface area contributed by atoms with Crippen LogP contribution in [0.15, 0.2) is 55.1 Å². The van der Waals surface area contributed by atoms with Gasteiger partial charge in [0.05, 0.1) is 35.1 Å². The lowest BCUT2D eigenvalue weighted by atomic mass is 9.72. The Bertz CT molecular complexity index is 1530. The summed E-state index contributed by atoms with van der Waals surface area (Å²) in [5.41, 5.74) is 2.08. The van der Waals surface area contributed by atoms with E-state index in [1.54, 1.807) is 11.1 Å². The quantitative estimate of drug-likeness (QED) is 0.314. The Morgan fingerprint density at radius 3 is 2.67 bits per heavy atom. The maximum Gasteiger partial charge on any atom is 0.295 e. The largest absolute Gasteiger partial charge is 0.357 e. The van der Waals surface area contributed by atoms with Crippen LogP contribution < -0.4 is 0 Å². The van der Waals surface area contributed by atoms with E-state index in [9.17, 15) is 14.0 Å². The van der Waals surface area contributed by atoms with Crippen molar-refractivity contribution in [1.82, 2.24) is 34.8 Å². The number of aromatic amines is 1. The average molecular weight is 528 g/mol. The zero-order chi connectivity index (χ0) is 26.6. The minimum absolute atomic E-state index is 0.00718. The molecule has 200 valence electrons. The van der Waals surface area contributed by atoms with E-state index in [4.69, 9.17) is 0 Å². The lowest BCUT2D eigenvalue weighted by Crippen LogP contribution is -2.52. The van der Waals surface area contributed by atoms with Gasteiger partial charge in [0.15, 0.2) is 11.6 Å². The molecule has 2 aliphatic carbocycles. The second kappa shape index (κ2) is 9.37. The van der Waals surface area contributed by atoms with E-state index in [1.807, 2.05) is 0 Å². The summed E-state index contributed by atoms with van der Waals surface area (Å²) in [6.07, 6.45) is 11.7. The Hall–Kier alpha value is -3.92. The van der Waals surface area contributed by atoms with Gasteiger partial charge < -0.3 is 9.88 Å². The number of benzene rings is 1. The van der Waals surface area contributed by atoms with Crippen molar-refractivity contribution < 1.29 is 14.0 Å². The lowest BCUT2D eigenvalue weighted by Gasteiger charge is -2.39. The van der Waals surface area contributed by atoms with Gasteiger partial charge in [-0.05, 0) is 36.2 Å². The molecule has 4 heterocycles. The Balaban J connectivity index is 1.05. The standard InChI is InChI=1S/C29H30FN7O2/c30-22-18-32-27(37-11-10-33-34-37)25-24(22)20(17-31-25)26(38)28(39)36-14-12-35(13-15-36)23-16-29(23)9-5-4-8-21(29)19-6-2-1-3-7-19/h1-3,6-7,10-11,17-18,21,23,31H,4-5,8-9,12-16H2/t21-,23?,29+/m0/s1. The monoisotopic (exact) mass is 527 g/mol. The highest BCUT2D eigenvalue weighted by Gasteiger charge is 2.61. The van der Waals surface area contributed by atoms with Gasteiger partial charge in [-0.25, -0.2) is 14.1 Å². The molecule has 0 radical (unpaired) electrons. The van der Waals surface area contributed by atoms with E-state index in [-0.39, 0.29) is 10.9 Å². The van der Waals surface area contributed by atoms with Gasteiger partial charge in [-0.1, -0.05) is 48.4 Å². The lowest BCUT2D eigenvalue weighted by molar-refractivity contribution is -0.128. The van der Waals surface area contributed by atoms with Gasteiger partial charge in [-0.3, -0.25) is 14.5 Å². The highest BCUT2D eigenvalue weighted by molar-refractivity contribution is 6.45. The number of amides is 1. The molecule has 3 aromatic heterocycles. The summed E-state index contributed by atoms with van der Waals surface area (Å²) >= 11 is 0. The topological polar surface area (TPSA) is 100 Å². The maximum absolute atomic E-state index is 14.8. The smallest absolute Gasteiger partial charge is 0.295 e. The molecular weight excluding hydrogens is 497 g/mol. The third kappa shape index (κ3) is 3.96. The zero-order valence-electron chi connectivity index (χ0n) is 21.6. The summed E-state index contributed by atoms with van der Waals surface area (Å²) in [7, 11) is 0. The number of aromatic nitrogens is 5. The Labute approximate surface area is 225 Å². The first-order valence-electron chi connectivity index (χ1n) is 13.7. The van der Waals surface area contributed by atoms with Crippen molar-refractivity contribution >= 4 is 22.6 Å². The van der Waals surface area contributed by atoms with Crippen LogP contribution in [0.2, 0.25) is 0 Å². The van der Waals surface area contributed by atoms with Gasteiger partial charge in [0.25, 0.3) is 11.7 Å². The number of hydrogen-bond acceptors (Lipinski definition) is 6. The predicted molar refractivity (Wildman–Crippen MR) is 142 cm³/mol. The van der Waals surface area contributed by atoms with Crippen LogP contribution in [0.25, 0.3) is 16.7 Å². The molecule has 0 bridgehead atoms. The Morgan fingerprint density at radius 2 is 1.90 bits per heavy atom. The van der Waals surface area contributed by atoms with E-state index in [0.717, 1.165) is 19.3 Å². The summed E-state index contributed by atoms with van der Waals surface area (Å²) in [4.78, 5) is 37.7. The van der Waals surface area contributed by atoms with Crippen LogP contribution in [0, 0.1) is 11.2 Å². The summed E-state index contributed by atoms with van der Waals surface area (Å²) < 4.78 is 16.2. The zero-order valence-corrected chi connectivity index (χ0v) is 21.6. The van der Waals surface area contributed by atoms with Crippen LogP contribution >= 0.6 is 0 Å². The first kappa shape index (κ1) is 24.1. The fourth-order valence-corrected chi connectivity index (χ4v) is 7.15. The third-order valence-corrected chi connectivity index (χ3v) is 9.12. The molecule has 1 spiro atoms. The highest BCUT2D eigenvalue weighted by atomic mass is 19.1. The number of pyridine rings is 1. The molecule has 7 rings (SSSR count). The molecule has 2 saturated carbocycles. The van der Waals surface area contributed by atoms with E-state index < -0.39 is 17.5 Å². The molecule has 3 fully saturated rings. The van der Waals surface area contributed by atoms with Crippen LogP contribution in [0.3, 0.4) is 0 Å².